The van der Waals surface area contributed by atoms with Crippen LogP contribution in [0.1, 0.15) is 36.9 Å². The van der Waals surface area contributed by atoms with Gasteiger partial charge in [-0.3, -0.25) is 9.59 Å². The molecule has 3 rings (SSSR count). The quantitative estimate of drug-likeness (QED) is 0.794. The number of halogens is 2. The van der Waals surface area contributed by atoms with Crippen LogP contribution in [0.2, 0.25) is 5.02 Å². The van der Waals surface area contributed by atoms with Crippen LogP contribution in [0.25, 0.3) is 0 Å². The molecule has 1 unspecified atom stereocenters. The van der Waals surface area contributed by atoms with Gasteiger partial charge in [0.25, 0.3) is 0 Å². The van der Waals surface area contributed by atoms with E-state index in [0.29, 0.717) is 0 Å². The van der Waals surface area contributed by atoms with Crippen LogP contribution < -0.4 is 10.6 Å². The molecule has 1 aliphatic carbocycles. The third-order valence-corrected chi connectivity index (χ3v) is 4.76. The van der Waals surface area contributed by atoms with Gasteiger partial charge < -0.3 is 10.6 Å². The lowest BCUT2D eigenvalue weighted by atomic mass is 10.1. The summed E-state index contributed by atoms with van der Waals surface area (Å²) < 4.78 is 13.8. The molecule has 0 heterocycles. The summed E-state index contributed by atoms with van der Waals surface area (Å²) in [5.74, 6) is -0.592. The monoisotopic (exact) mass is 374 g/mol. The van der Waals surface area contributed by atoms with Crippen molar-refractivity contribution in [2.75, 3.05) is 5.32 Å². The lowest BCUT2D eigenvalue weighted by molar-refractivity contribution is -0.121. The van der Waals surface area contributed by atoms with E-state index in [4.69, 9.17) is 11.6 Å². The molecule has 1 aliphatic rings. The summed E-state index contributed by atoms with van der Waals surface area (Å²) in [7, 11) is 0. The molecule has 0 radical (unpaired) electrons. The molecule has 2 amide bonds. The maximum atomic E-state index is 13.8. The number of hydrogen-bond acceptors (Lipinski definition) is 2. The van der Waals surface area contributed by atoms with Crippen LogP contribution in [0.15, 0.2) is 42.5 Å². The zero-order valence-electron chi connectivity index (χ0n) is 14.4. The number of anilines is 1. The van der Waals surface area contributed by atoms with Crippen molar-refractivity contribution < 1.29 is 14.0 Å². The number of benzene rings is 2. The van der Waals surface area contributed by atoms with Crippen LogP contribution in [0.5, 0.6) is 0 Å². The van der Waals surface area contributed by atoms with Crippen LogP contribution >= 0.6 is 11.6 Å². The van der Waals surface area contributed by atoms with Crippen molar-refractivity contribution in [3.8, 4) is 0 Å². The molecule has 2 aromatic rings. The molecule has 1 fully saturated rings. The predicted octanol–water partition coefficient (Wildman–Crippen LogP) is 4.25. The van der Waals surface area contributed by atoms with Crippen LogP contribution in [-0.4, -0.2) is 11.8 Å². The van der Waals surface area contributed by atoms with E-state index >= 15 is 0 Å². The van der Waals surface area contributed by atoms with E-state index in [-0.39, 0.29) is 40.8 Å². The van der Waals surface area contributed by atoms with Crippen molar-refractivity contribution in [3.05, 3.63) is 64.4 Å². The molecule has 0 spiro atoms. The number of nitrogens with one attached hydrogen (secondary N) is 2. The van der Waals surface area contributed by atoms with Crippen molar-refractivity contribution in [1.29, 1.82) is 0 Å². The molecular weight excluding hydrogens is 355 g/mol. The Bertz CT molecular complexity index is 799. The summed E-state index contributed by atoms with van der Waals surface area (Å²) in [5, 5.41) is 5.95. The van der Waals surface area contributed by atoms with E-state index in [2.05, 4.69) is 10.6 Å². The van der Waals surface area contributed by atoms with E-state index in [1.54, 1.807) is 6.07 Å². The van der Waals surface area contributed by atoms with Crippen LogP contribution in [0.3, 0.4) is 0 Å². The van der Waals surface area contributed by atoms with E-state index in [1.807, 2.05) is 31.2 Å². The number of carbonyl (C=O) groups is 2. The molecule has 6 heteroatoms. The molecule has 4 nitrogen and oxygen atoms in total. The predicted molar refractivity (Wildman–Crippen MR) is 99.5 cm³/mol. The minimum absolute atomic E-state index is 0.0564. The fourth-order valence-corrected chi connectivity index (χ4v) is 2.91. The molecule has 2 N–H and O–H groups in total. The van der Waals surface area contributed by atoms with Gasteiger partial charge in [0.05, 0.1) is 12.5 Å². The number of carbonyl (C=O) groups excluding carboxylic acids is 2. The zero-order valence-corrected chi connectivity index (χ0v) is 15.1. The Morgan fingerprint density at radius 2 is 1.88 bits per heavy atom. The van der Waals surface area contributed by atoms with Crippen molar-refractivity contribution in [2.24, 2.45) is 5.92 Å². The highest BCUT2D eigenvalue weighted by atomic mass is 35.5. The normalized spacial score (nSPS) is 14.6. The standard InChI is InChI=1S/C20H20ClFN2O2/c1-12(23-19(25)11-16-17(21)3-2-4-18(16)22)13-7-9-15(10-8-13)24-20(26)14-5-6-14/h2-4,7-10,12,14H,5-6,11H2,1H3,(H,23,25)(H,24,26). The van der Waals surface area contributed by atoms with Gasteiger partial charge in [0.1, 0.15) is 5.82 Å². The molecule has 0 aliphatic heterocycles. The molecule has 0 aromatic heterocycles. The highest BCUT2D eigenvalue weighted by Gasteiger charge is 2.29. The summed E-state index contributed by atoms with van der Waals surface area (Å²) in [6.07, 6.45) is 1.80. The van der Waals surface area contributed by atoms with E-state index in [9.17, 15) is 14.0 Å². The second kappa shape index (κ2) is 7.87. The number of amides is 2. The molecule has 0 bridgehead atoms. The van der Waals surface area contributed by atoms with Gasteiger partial charge in [0, 0.05) is 22.2 Å². The van der Waals surface area contributed by atoms with Gasteiger partial charge in [-0.1, -0.05) is 29.8 Å². The first kappa shape index (κ1) is 18.4. The lowest BCUT2D eigenvalue weighted by Gasteiger charge is -2.15. The van der Waals surface area contributed by atoms with Crippen molar-refractivity contribution in [2.45, 2.75) is 32.2 Å². The summed E-state index contributed by atoms with van der Waals surface area (Å²) in [6.45, 7) is 1.85. The topological polar surface area (TPSA) is 58.2 Å². The van der Waals surface area contributed by atoms with Gasteiger partial charge in [0.15, 0.2) is 0 Å². The van der Waals surface area contributed by atoms with Crippen LogP contribution in [0.4, 0.5) is 10.1 Å². The van der Waals surface area contributed by atoms with Gasteiger partial charge >= 0.3 is 0 Å². The largest absolute Gasteiger partial charge is 0.349 e. The van der Waals surface area contributed by atoms with Crippen molar-refractivity contribution in [1.82, 2.24) is 5.32 Å². The first-order valence-electron chi connectivity index (χ1n) is 8.57. The highest BCUT2D eigenvalue weighted by molar-refractivity contribution is 6.31. The molecule has 2 aromatic carbocycles. The minimum atomic E-state index is -0.490. The average Bonchev–Trinajstić information content (AvgIpc) is 3.44. The maximum absolute atomic E-state index is 13.8. The average molecular weight is 375 g/mol. The molecule has 1 saturated carbocycles. The highest BCUT2D eigenvalue weighted by Crippen LogP contribution is 2.30. The summed E-state index contributed by atoms with van der Waals surface area (Å²) in [6, 6.07) is 11.4. The smallest absolute Gasteiger partial charge is 0.227 e. The molecule has 1 atom stereocenters. The van der Waals surface area contributed by atoms with Gasteiger partial charge in [-0.15, -0.1) is 0 Å². The van der Waals surface area contributed by atoms with Crippen molar-refractivity contribution >= 4 is 29.1 Å². The number of hydrogen-bond donors (Lipinski definition) is 2. The van der Waals surface area contributed by atoms with E-state index in [0.717, 1.165) is 24.1 Å². The Kier molecular flexibility index (Phi) is 5.57. The van der Waals surface area contributed by atoms with E-state index < -0.39 is 5.82 Å². The Balaban J connectivity index is 1.57. The third-order valence-electron chi connectivity index (χ3n) is 4.40. The Hall–Kier alpha value is -2.40. The minimum Gasteiger partial charge on any atom is -0.349 e. The SMILES string of the molecule is CC(NC(=O)Cc1c(F)cccc1Cl)c1ccc(NC(=O)C2CC2)cc1. The third kappa shape index (κ3) is 4.61. The summed E-state index contributed by atoms with van der Waals surface area (Å²) >= 11 is 5.96. The fraction of sp³-hybridized carbons (Fsp3) is 0.300. The zero-order chi connectivity index (χ0) is 18.7. The first-order chi connectivity index (χ1) is 12.4. The van der Waals surface area contributed by atoms with Gasteiger partial charge in [0.2, 0.25) is 11.8 Å². The molecule has 136 valence electrons. The lowest BCUT2D eigenvalue weighted by Crippen LogP contribution is -2.28. The second-order valence-electron chi connectivity index (χ2n) is 6.55. The maximum Gasteiger partial charge on any atom is 0.227 e. The van der Waals surface area contributed by atoms with Gasteiger partial charge in [-0.05, 0) is 49.6 Å². The summed E-state index contributed by atoms with van der Waals surface area (Å²) in [5.41, 5.74) is 1.82. The molecular formula is C20H20ClFN2O2. The number of rotatable bonds is 6. The van der Waals surface area contributed by atoms with E-state index in [1.165, 1.54) is 12.1 Å². The second-order valence-corrected chi connectivity index (χ2v) is 6.96. The Morgan fingerprint density at radius 1 is 1.19 bits per heavy atom. The van der Waals surface area contributed by atoms with Crippen molar-refractivity contribution in [3.63, 3.8) is 0 Å². The molecule has 26 heavy (non-hydrogen) atoms. The first-order valence-corrected chi connectivity index (χ1v) is 8.95. The van der Waals surface area contributed by atoms with Crippen LogP contribution in [0, 0.1) is 11.7 Å². The Morgan fingerprint density at radius 3 is 2.50 bits per heavy atom. The fourth-order valence-electron chi connectivity index (χ4n) is 2.68. The van der Waals surface area contributed by atoms with Gasteiger partial charge in [-0.2, -0.15) is 0 Å². The van der Waals surface area contributed by atoms with Crippen LogP contribution in [-0.2, 0) is 16.0 Å². The Labute approximate surface area is 156 Å². The summed E-state index contributed by atoms with van der Waals surface area (Å²) in [4.78, 5) is 24.0. The molecule has 0 saturated heterocycles. The van der Waals surface area contributed by atoms with Gasteiger partial charge in [-0.25, -0.2) is 4.39 Å².